The third kappa shape index (κ3) is 3.51. The Morgan fingerprint density at radius 1 is 1.40 bits per heavy atom. The molecule has 2 heterocycles. The molecule has 0 bridgehead atoms. The molecule has 7 nitrogen and oxygen atoms in total. The topological polar surface area (TPSA) is 72.5 Å². The molecule has 132 valence electrons. The molecule has 7 heteroatoms. The number of carbonyl (C=O) groups excluding carboxylic acids is 1. The maximum Gasteiger partial charge on any atom is 0.258 e. The summed E-state index contributed by atoms with van der Waals surface area (Å²) in [5.74, 6) is 0.891. The number of furan rings is 1. The van der Waals surface area contributed by atoms with Crippen molar-refractivity contribution in [2.75, 3.05) is 27.7 Å². The van der Waals surface area contributed by atoms with Gasteiger partial charge in [-0.05, 0) is 26.2 Å². The van der Waals surface area contributed by atoms with Gasteiger partial charge in [-0.25, -0.2) is 0 Å². The fourth-order valence-corrected chi connectivity index (χ4v) is 2.76. The highest BCUT2D eigenvalue weighted by Crippen LogP contribution is 2.26. The lowest BCUT2D eigenvalue weighted by Gasteiger charge is -2.22. The lowest BCUT2D eigenvalue weighted by molar-refractivity contribution is 0.0936. The first-order valence-corrected chi connectivity index (χ1v) is 8.00. The molecule has 3 aromatic rings. The predicted octanol–water partition coefficient (Wildman–Crippen LogP) is 2.21. The minimum atomic E-state index is -0.229. The molecule has 0 saturated carbocycles. The number of para-hydroxylation sites is 1. The van der Waals surface area contributed by atoms with E-state index < -0.39 is 0 Å². The molecule has 1 N–H and O–H groups in total. The zero-order valence-corrected chi connectivity index (χ0v) is 14.8. The first-order chi connectivity index (χ1) is 12.0. The van der Waals surface area contributed by atoms with E-state index in [0.717, 1.165) is 16.7 Å². The SMILES string of the molecule is COc1nn(C)cc1C(=O)NC[C@H](c1cc2ccccc2o1)N(C)C. The predicted molar refractivity (Wildman–Crippen MR) is 94.7 cm³/mol. The van der Waals surface area contributed by atoms with Crippen molar-refractivity contribution in [3.05, 3.63) is 47.9 Å². The molecule has 0 saturated heterocycles. The lowest BCUT2D eigenvalue weighted by Crippen LogP contribution is -2.34. The summed E-state index contributed by atoms with van der Waals surface area (Å²) in [4.78, 5) is 14.5. The average molecular weight is 342 g/mol. The van der Waals surface area contributed by atoms with E-state index in [0.29, 0.717) is 18.0 Å². The number of likely N-dealkylation sites (N-methyl/N-ethyl adjacent to an activating group) is 1. The second-order valence-electron chi connectivity index (χ2n) is 6.10. The van der Waals surface area contributed by atoms with Crippen LogP contribution in [0.25, 0.3) is 11.0 Å². The highest BCUT2D eigenvalue weighted by molar-refractivity contribution is 5.96. The summed E-state index contributed by atoms with van der Waals surface area (Å²) in [6.45, 7) is 0.406. The summed E-state index contributed by atoms with van der Waals surface area (Å²) in [7, 11) is 7.15. The molecule has 0 radical (unpaired) electrons. The van der Waals surface area contributed by atoms with Crippen LogP contribution in [0.4, 0.5) is 0 Å². The summed E-state index contributed by atoms with van der Waals surface area (Å²) in [5, 5.41) is 8.09. The average Bonchev–Trinajstić information content (AvgIpc) is 3.17. The number of aryl methyl sites for hydroxylation is 1. The molecule has 1 amide bonds. The number of benzene rings is 1. The first kappa shape index (κ1) is 17.0. The molecule has 0 aliphatic heterocycles. The lowest BCUT2D eigenvalue weighted by atomic mass is 10.1. The summed E-state index contributed by atoms with van der Waals surface area (Å²) < 4.78 is 12.6. The van der Waals surface area contributed by atoms with Crippen molar-refractivity contribution in [3.63, 3.8) is 0 Å². The smallest absolute Gasteiger partial charge is 0.258 e. The molecule has 0 aliphatic carbocycles. The molecular weight excluding hydrogens is 320 g/mol. The normalized spacial score (nSPS) is 12.5. The van der Waals surface area contributed by atoms with Crippen LogP contribution in [0.3, 0.4) is 0 Å². The van der Waals surface area contributed by atoms with Crippen molar-refractivity contribution in [1.82, 2.24) is 20.0 Å². The van der Waals surface area contributed by atoms with Crippen LogP contribution in [0, 0.1) is 0 Å². The third-order valence-corrected chi connectivity index (χ3v) is 4.09. The van der Waals surface area contributed by atoms with Gasteiger partial charge in [0.1, 0.15) is 16.9 Å². The highest BCUT2D eigenvalue weighted by atomic mass is 16.5. The second kappa shape index (κ2) is 6.98. The number of rotatable bonds is 6. The number of nitrogens with one attached hydrogen (secondary N) is 1. The number of nitrogens with zero attached hydrogens (tertiary/aromatic N) is 3. The van der Waals surface area contributed by atoms with E-state index in [2.05, 4.69) is 10.4 Å². The van der Waals surface area contributed by atoms with Gasteiger partial charge >= 0.3 is 0 Å². The molecule has 2 aromatic heterocycles. The molecule has 0 unspecified atom stereocenters. The van der Waals surface area contributed by atoms with Gasteiger partial charge in [0, 0.05) is 25.2 Å². The molecule has 1 atom stereocenters. The molecule has 3 rings (SSSR count). The van der Waals surface area contributed by atoms with Gasteiger partial charge in [-0.2, -0.15) is 0 Å². The van der Waals surface area contributed by atoms with Gasteiger partial charge in [0.05, 0.1) is 13.2 Å². The van der Waals surface area contributed by atoms with Gasteiger partial charge in [0.25, 0.3) is 5.91 Å². The van der Waals surface area contributed by atoms with Gasteiger partial charge in [-0.3, -0.25) is 14.4 Å². The third-order valence-electron chi connectivity index (χ3n) is 4.09. The zero-order chi connectivity index (χ0) is 18.0. The number of aromatic nitrogens is 2. The van der Waals surface area contributed by atoms with Crippen LogP contribution in [0.2, 0.25) is 0 Å². The Labute approximate surface area is 146 Å². The van der Waals surface area contributed by atoms with E-state index in [1.165, 1.54) is 7.11 Å². The van der Waals surface area contributed by atoms with E-state index in [1.54, 1.807) is 17.9 Å². The van der Waals surface area contributed by atoms with Crippen molar-refractivity contribution < 1.29 is 13.9 Å². The number of methoxy groups -OCH3 is 1. The van der Waals surface area contributed by atoms with Crippen molar-refractivity contribution >= 4 is 16.9 Å². The first-order valence-electron chi connectivity index (χ1n) is 8.00. The number of hydrogen-bond acceptors (Lipinski definition) is 5. The van der Waals surface area contributed by atoms with Crippen LogP contribution >= 0.6 is 0 Å². The van der Waals surface area contributed by atoms with Crippen LogP contribution < -0.4 is 10.1 Å². The molecular formula is C18H22N4O3. The summed E-state index contributed by atoms with van der Waals surface area (Å²) in [6.07, 6.45) is 1.64. The van der Waals surface area contributed by atoms with Crippen molar-refractivity contribution in [2.24, 2.45) is 7.05 Å². The van der Waals surface area contributed by atoms with Crippen molar-refractivity contribution in [3.8, 4) is 5.88 Å². The molecule has 0 aliphatic rings. The zero-order valence-electron chi connectivity index (χ0n) is 14.8. The van der Waals surface area contributed by atoms with Crippen molar-refractivity contribution in [1.29, 1.82) is 0 Å². The fourth-order valence-electron chi connectivity index (χ4n) is 2.76. The number of fused-ring (bicyclic) bond motifs is 1. The monoisotopic (exact) mass is 342 g/mol. The van der Waals surface area contributed by atoms with Gasteiger partial charge in [-0.1, -0.05) is 18.2 Å². The Hall–Kier alpha value is -2.80. The minimum Gasteiger partial charge on any atom is -0.479 e. The van der Waals surface area contributed by atoms with Gasteiger partial charge < -0.3 is 14.5 Å². The van der Waals surface area contributed by atoms with E-state index >= 15 is 0 Å². The quantitative estimate of drug-likeness (QED) is 0.743. The minimum absolute atomic E-state index is 0.0842. The van der Waals surface area contributed by atoms with E-state index in [-0.39, 0.29) is 11.9 Å². The van der Waals surface area contributed by atoms with Gasteiger partial charge in [0.15, 0.2) is 0 Å². The molecule has 0 spiro atoms. The number of amides is 1. The van der Waals surface area contributed by atoms with Crippen LogP contribution in [0.5, 0.6) is 5.88 Å². The Bertz CT molecular complexity index is 848. The standard InChI is InChI=1S/C18H22N4O3/c1-21(2)14(16-9-12-7-5-6-8-15(12)25-16)10-19-17(23)13-11-22(3)20-18(13)24-4/h5-9,11,14H,10H2,1-4H3,(H,19,23)/t14-/m1/s1. The van der Waals surface area contributed by atoms with Crippen molar-refractivity contribution in [2.45, 2.75) is 6.04 Å². The van der Waals surface area contributed by atoms with E-state index in [4.69, 9.17) is 9.15 Å². The molecule has 0 fully saturated rings. The van der Waals surface area contributed by atoms with Gasteiger partial charge in [-0.15, -0.1) is 5.10 Å². The Morgan fingerprint density at radius 2 is 2.16 bits per heavy atom. The Morgan fingerprint density at radius 3 is 2.84 bits per heavy atom. The fraction of sp³-hybridized carbons (Fsp3) is 0.333. The highest BCUT2D eigenvalue weighted by Gasteiger charge is 2.22. The second-order valence-corrected chi connectivity index (χ2v) is 6.10. The van der Waals surface area contributed by atoms with Crippen LogP contribution in [0.15, 0.2) is 40.9 Å². The summed E-state index contributed by atoms with van der Waals surface area (Å²) in [5.41, 5.74) is 1.25. The maximum atomic E-state index is 12.5. The van der Waals surface area contributed by atoms with Crippen LogP contribution in [0.1, 0.15) is 22.2 Å². The van der Waals surface area contributed by atoms with Crippen LogP contribution in [-0.2, 0) is 7.05 Å². The number of hydrogen-bond donors (Lipinski definition) is 1. The van der Waals surface area contributed by atoms with E-state index in [1.807, 2.05) is 49.3 Å². The Balaban J connectivity index is 1.77. The van der Waals surface area contributed by atoms with Crippen LogP contribution in [-0.4, -0.2) is 48.3 Å². The summed E-state index contributed by atoms with van der Waals surface area (Å²) >= 11 is 0. The van der Waals surface area contributed by atoms with E-state index in [9.17, 15) is 4.79 Å². The number of carbonyl (C=O) groups is 1. The Kier molecular flexibility index (Phi) is 4.76. The summed E-state index contributed by atoms with van der Waals surface area (Å²) in [6, 6.07) is 9.79. The largest absolute Gasteiger partial charge is 0.479 e. The molecule has 1 aromatic carbocycles. The van der Waals surface area contributed by atoms with Gasteiger partial charge in [0.2, 0.25) is 5.88 Å². The number of ether oxygens (including phenoxy) is 1. The maximum absolute atomic E-state index is 12.5. The molecule has 25 heavy (non-hydrogen) atoms.